The van der Waals surface area contributed by atoms with Gasteiger partial charge in [-0.25, -0.2) is 8.42 Å². The van der Waals surface area contributed by atoms with E-state index < -0.39 is 9.84 Å². The van der Waals surface area contributed by atoms with Crippen molar-refractivity contribution in [2.45, 2.75) is 32.2 Å². The highest BCUT2D eigenvalue weighted by Crippen LogP contribution is 2.32. The van der Waals surface area contributed by atoms with Gasteiger partial charge in [0.15, 0.2) is 0 Å². The van der Waals surface area contributed by atoms with E-state index in [1.807, 2.05) is 12.1 Å². The van der Waals surface area contributed by atoms with Crippen molar-refractivity contribution in [1.29, 1.82) is 0 Å². The number of rotatable bonds is 6. The number of hydrogen-bond acceptors (Lipinski definition) is 4. The number of ether oxygens (including phenoxy) is 1. The van der Waals surface area contributed by atoms with Crippen LogP contribution in [0.5, 0.6) is 5.75 Å². The van der Waals surface area contributed by atoms with Crippen molar-refractivity contribution in [3.8, 4) is 5.75 Å². The Labute approximate surface area is 121 Å². The molecular weight excluding hydrogens is 274 g/mol. The lowest BCUT2D eigenvalue weighted by molar-refractivity contribution is 0.397. The summed E-state index contributed by atoms with van der Waals surface area (Å²) in [5.74, 6) is 1.45. The van der Waals surface area contributed by atoms with Crippen LogP contribution in [0.2, 0.25) is 0 Å². The number of nitrogens with one attached hydrogen (secondary N) is 1. The first-order chi connectivity index (χ1) is 9.57. The van der Waals surface area contributed by atoms with Crippen LogP contribution in [0.4, 0.5) is 0 Å². The molecule has 0 aromatic heterocycles. The highest BCUT2D eigenvalue weighted by Gasteiger charge is 2.22. The summed E-state index contributed by atoms with van der Waals surface area (Å²) in [7, 11) is -1.17. The summed E-state index contributed by atoms with van der Waals surface area (Å²) in [6.07, 6.45) is 2.51. The third-order valence-electron chi connectivity index (χ3n) is 3.92. The van der Waals surface area contributed by atoms with Crippen molar-refractivity contribution in [2.24, 2.45) is 0 Å². The lowest BCUT2D eigenvalue weighted by Crippen LogP contribution is -2.30. The zero-order valence-corrected chi connectivity index (χ0v) is 13.0. The molecule has 0 bridgehead atoms. The number of sulfone groups is 1. The molecule has 1 aliphatic rings. The van der Waals surface area contributed by atoms with Crippen LogP contribution >= 0.6 is 0 Å². The molecule has 1 heterocycles. The number of fused-ring (bicyclic) bond motifs is 1. The van der Waals surface area contributed by atoms with E-state index in [4.69, 9.17) is 4.74 Å². The monoisotopic (exact) mass is 297 g/mol. The SMILES string of the molecule is CCS(=O)(=O)CCCC1NCCc2c(OC)cccc21. The molecule has 1 atom stereocenters. The first-order valence-corrected chi connectivity index (χ1v) is 8.99. The van der Waals surface area contributed by atoms with Gasteiger partial charge in [-0.15, -0.1) is 0 Å². The molecule has 2 rings (SSSR count). The van der Waals surface area contributed by atoms with E-state index >= 15 is 0 Å². The second kappa shape index (κ2) is 6.59. The standard InChI is InChI=1S/C15H23NO3S/c1-3-20(17,18)11-5-7-14-12-6-4-8-15(19-2)13(12)9-10-16-14/h4,6,8,14,16H,3,5,7,9-11H2,1-2H3. The summed E-state index contributed by atoms with van der Waals surface area (Å²) in [4.78, 5) is 0. The van der Waals surface area contributed by atoms with Crippen LogP contribution in [0, 0.1) is 0 Å². The number of benzene rings is 1. The number of methoxy groups -OCH3 is 1. The molecule has 112 valence electrons. The van der Waals surface area contributed by atoms with Crippen LogP contribution in [0.3, 0.4) is 0 Å². The first kappa shape index (κ1) is 15.3. The average molecular weight is 297 g/mol. The van der Waals surface area contributed by atoms with Crippen molar-refractivity contribution < 1.29 is 13.2 Å². The average Bonchev–Trinajstić information content (AvgIpc) is 2.46. The molecule has 0 fully saturated rings. The predicted molar refractivity (Wildman–Crippen MR) is 81.0 cm³/mol. The molecule has 1 unspecified atom stereocenters. The second-order valence-electron chi connectivity index (χ2n) is 5.16. The number of hydrogen-bond donors (Lipinski definition) is 1. The molecule has 1 N–H and O–H groups in total. The summed E-state index contributed by atoms with van der Waals surface area (Å²) in [6, 6.07) is 6.34. The summed E-state index contributed by atoms with van der Waals surface area (Å²) in [6.45, 7) is 2.62. The van der Waals surface area contributed by atoms with Gasteiger partial charge < -0.3 is 10.1 Å². The van der Waals surface area contributed by atoms with E-state index in [-0.39, 0.29) is 17.5 Å². The zero-order chi connectivity index (χ0) is 14.6. The summed E-state index contributed by atoms with van der Waals surface area (Å²) < 4.78 is 28.5. The van der Waals surface area contributed by atoms with Gasteiger partial charge in [-0.1, -0.05) is 19.1 Å². The van der Waals surface area contributed by atoms with E-state index in [1.54, 1.807) is 14.0 Å². The molecule has 4 nitrogen and oxygen atoms in total. The molecule has 0 aliphatic carbocycles. The van der Waals surface area contributed by atoms with Crippen molar-refractivity contribution >= 4 is 9.84 Å². The fraction of sp³-hybridized carbons (Fsp3) is 0.600. The second-order valence-corrected chi connectivity index (χ2v) is 7.64. The highest BCUT2D eigenvalue weighted by molar-refractivity contribution is 7.91. The zero-order valence-electron chi connectivity index (χ0n) is 12.2. The smallest absolute Gasteiger partial charge is 0.150 e. The van der Waals surface area contributed by atoms with Gasteiger partial charge >= 0.3 is 0 Å². The van der Waals surface area contributed by atoms with Crippen LogP contribution in [0.25, 0.3) is 0 Å². The molecule has 0 radical (unpaired) electrons. The van der Waals surface area contributed by atoms with E-state index in [1.165, 1.54) is 11.1 Å². The van der Waals surface area contributed by atoms with E-state index in [0.29, 0.717) is 6.42 Å². The Morgan fingerprint density at radius 1 is 1.40 bits per heavy atom. The molecule has 1 aliphatic heterocycles. The minimum Gasteiger partial charge on any atom is -0.496 e. The Balaban J connectivity index is 2.06. The normalized spacial score (nSPS) is 18.6. The van der Waals surface area contributed by atoms with Crippen molar-refractivity contribution in [3.63, 3.8) is 0 Å². The highest BCUT2D eigenvalue weighted by atomic mass is 32.2. The van der Waals surface area contributed by atoms with E-state index in [0.717, 1.165) is 25.1 Å². The van der Waals surface area contributed by atoms with Crippen LogP contribution in [0.1, 0.15) is 36.9 Å². The minimum atomic E-state index is -2.86. The summed E-state index contributed by atoms with van der Waals surface area (Å²) in [5.41, 5.74) is 2.52. The molecule has 1 aromatic carbocycles. The Hall–Kier alpha value is -1.07. The Morgan fingerprint density at radius 3 is 2.90 bits per heavy atom. The van der Waals surface area contributed by atoms with Gasteiger partial charge in [-0.3, -0.25) is 0 Å². The topological polar surface area (TPSA) is 55.4 Å². The van der Waals surface area contributed by atoms with Gasteiger partial charge in [0.05, 0.1) is 12.9 Å². The van der Waals surface area contributed by atoms with Crippen molar-refractivity contribution in [1.82, 2.24) is 5.32 Å². The van der Waals surface area contributed by atoms with Crippen LogP contribution in [-0.4, -0.2) is 33.6 Å². The van der Waals surface area contributed by atoms with E-state index in [2.05, 4.69) is 11.4 Å². The fourth-order valence-corrected chi connectivity index (χ4v) is 3.65. The molecule has 0 amide bonds. The third kappa shape index (κ3) is 3.52. The maximum Gasteiger partial charge on any atom is 0.150 e. The minimum absolute atomic E-state index is 0.232. The van der Waals surface area contributed by atoms with Crippen molar-refractivity contribution in [3.05, 3.63) is 29.3 Å². The third-order valence-corrected chi connectivity index (χ3v) is 5.71. The van der Waals surface area contributed by atoms with E-state index in [9.17, 15) is 8.42 Å². The molecule has 0 saturated carbocycles. The molecule has 20 heavy (non-hydrogen) atoms. The van der Waals surface area contributed by atoms with Crippen LogP contribution < -0.4 is 10.1 Å². The lowest BCUT2D eigenvalue weighted by atomic mass is 9.91. The first-order valence-electron chi connectivity index (χ1n) is 7.17. The molecular formula is C15H23NO3S. The summed E-state index contributed by atoms with van der Waals surface area (Å²) in [5, 5.41) is 3.48. The lowest BCUT2D eigenvalue weighted by Gasteiger charge is -2.28. The summed E-state index contributed by atoms with van der Waals surface area (Å²) >= 11 is 0. The molecule has 1 aromatic rings. The van der Waals surface area contributed by atoms with Gasteiger partial charge in [0, 0.05) is 17.4 Å². The van der Waals surface area contributed by atoms with Crippen molar-refractivity contribution in [2.75, 3.05) is 25.2 Å². The maximum atomic E-state index is 11.5. The fourth-order valence-electron chi connectivity index (χ4n) is 2.76. The van der Waals surface area contributed by atoms with Gasteiger partial charge in [0.25, 0.3) is 0 Å². The van der Waals surface area contributed by atoms with Crippen LogP contribution in [0.15, 0.2) is 18.2 Å². The molecule has 5 heteroatoms. The maximum absolute atomic E-state index is 11.5. The largest absolute Gasteiger partial charge is 0.496 e. The van der Waals surface area contributed by atoms with Gasteiger partial charge in [0.2, 0.25) is 0 Å². The molecule has 0 saturated heterocycles. The molecule has 0 spiro atoms. The predicted octanol–water partition coefficient (Wildman–Crippen LogP) is 2.10. The van der Waals surface area contributed by atoms with Gasteiger partial charge in [0.1, 0.15) is 15.6 Å². The van der Waals surface area contributed by atoms with Gasteiger partial charge in [-0.2, -0.15) is 0 Å². The Kier molecular flexibility index (Phi) is 5.05. The Bertz CT molecular complexity index is 554. The quantitative estimate of drug-likeness (QED) is 0.873. The van der Waals surface area contributed by atoms with Gasteiger partial charge in [-0.05, 0) is 37.4 Å². The van der Waals surface area contributed by atoms with Crippen LogP contribution in [-0.2, 0) is 16.3 Å². The Morgan fingerprint density at radius 2 is 2.20 bits per heavy atom.